The molecule has 0 unspecified atom stereocenters. The first kappa shape index (κ1) is 62.4. The van der Waals surface area contributed by atoms with E-state index in [2.05, 4.69) is 27.7 Å². The molecule has 0 aromatic rings. The molecule has 0 amide bonds. The van der Waals surface area contributed by atoms with Crippen LogP contribution >= 0.6 is 0 Å². The van der Waals surface area contributed by atoms with Gasteiger partial charge >= 0.3 is 17.9 Å². The van der Waals surface area contributed by atoms with Gasteiger partial charge in [0.2, 0.25) is 0 Å². The van der Waals surface area contributed by atoms with Crippen LogP contribution in [0.4, 0.5) is 0 Å². The number of hydrogen-bond donors (Lipinski definition) is 0. The van der Waals surface area contributed by atoms with Crippen LogP contribution in [0.3, 0.4) is 0 Å². The molecule has 380 valence electrons. The minimum Gasteiger partial charge on any atom is -0.462 e. The zero-order valence-corrected chi connectivity index (χ0v) is 43.8. The molecule has 0 aliphatic carbocycles. The summed E-state index contributed by atoms with van der Waals surface area (Å²) in [6.45, 7) is 9.05. The lowest BCUT2D eigenvalue weighted by atomic mass is 10.0. The van der Waals surface area contributed by atoms with E-state index >= 15 is 0 Å². The molecule has 6 nitrogen and oxygen atoms in total. The summed E-state index contributed by atoms with van der Waals surface area (Å²) in [6, 6.07) is 0. The molecule has 0 aliphatic heterocycles. The van der Waals surface area contributed by atoms with E-state index in [1.165, 1.54) is 225 Å². The van der Waals surface area contributed by atoms with Gasteiger partial charge in [0.15, 0.2) is 6.10 Å². The lowest BCUT2D eigenvalue weighted by Crippen LogP contribution is -2.30. The number of carbonyl (C=O) groups excluding carboxylic acids is 3. The number of unbranched alkanes of at least 4 members (excludes halogenated alkanes) is 40. The number of hydrogen-bond acceptors (Lipinski definition) is 6. The van der Waals surface area contributed by atoms with Crippen molar-refractivity contribution in [1.82, 2.24) is 0 Å². The number of carbonyl (C=O) groups is 3. The van der Waals surface area contributed by atoms with Gasteiger partial charge in [-0.1, -0.05) is 291 Å². The standard InChI is InChI=1S/C58H112O6/c1-5-7-9-11-13-15-16-17-18-19-20-25-28-31-35-39-43-47-51-58(61)64-55(52-62-56(59)49-45-41-37-32-14-12-10-8-6-2)53-63-57(60)50-46-42-38-34-30-27-24-22-21-23-26-29-33-36-40-44-48-54(3)4/h54-55H,5-53H2,1-4H3/t55-/m1/s1. The highest BCUT2D eigenvalue weighted by molar-refractivity contribution is 5.71. The van der Waals surface area contributed by atoms with Gasteiger partial charge in [0.25, 0.3) is 0 Å². The van der Waals surface area contributed by atoms with Gasteiger partial charge in [0, 0.05) is 19.3 Å². The molecule has 0 saturated heterocycles. The van der Waals surface area contributed by atoms with Crippen LogP contribution in [0.2, 0.25) is 0 Å². The van der Waals surface area contributed by atoms with Crippen LogP contribution in [0.5, 0.6) is 0 Å². The summed E-state index contributed by atoms with van der Waals surface area (Å²) >= 11 is 0. The summed E-state index contributed by atoms with van der Waals surface area (Å²) in [5.41, 5.74) is 0. The Hall–Kier alpha value is -1.59. The average Bonchev–Trinajstić information content (AvgIpc) is 3.28. The first-order valence-electron chi connectivity index (χ1n) is 28.9. The second kappa shape index (κ2) is 52.4. The lowest BCUT2D eigenvalue weighted by molar-refractivity contribution is -0.167. The molecule has 0 bridgehead atoms. The molecule has 1 atom stereocenters. The molecule has 6 heteroatoms. The maximum absolute atomic E-state index is 12.8. The fourth-order valence-corrected chi connectivity index (χ4v) is 8.92. The Kier molecular flexibility index (Phi) is 51.1. The predicted octanol–water partition coefficient (Wildman–Crippen LogP) is 19.0. The minimum absolute atomic E-state index is 0.0621. The van der Waals surface area contributed by atoms with Gasteiger partial charge in [-0.15, -0.1) is 0 Å². The minimum atomic E-state index is -0.761. The van der Waals surface area contributed by atoms with E-state index in [9.17, 15) is 14.4 Å². The van der Waals surface area contributed by atoms with Crippen molar-refractivity contribution >= 4 is 17.9 Å². The SMILES string of the molecule is CCCCCCCCCCCCCCCCCCCCC(=O)O[C@H](COC(=O)CCCCCCCCCCC)COC(=O)CCCCCCCCCCCCCCCCCCC(C)C. The Morgan fingerprint density at radius 1 is 0.297 bits per heavy atom. The van der Waals surface area contributed by atoms with Gasteiger partial charge < -0.3 is 14.2 Å². The van der Waals surface area contributed by atoms with Crippen LogP contribution in [0.15, 0.2) is 0 Å². The van der Waals surface area contributed by atoms with Crippen molar-refractivity contribution in [2.75, 3.05) is 13.2 Å². The third-order valence-electron chi connectivity index (χ3n) is 13.3. The molecule has 0 aliphatic rings. The van der Waals surface area contributed by atoms with Crippen molar-refractivity contribution in [1.29, 1.82) is 0 Å². The highest BCUT2D eigenvalue weighted by atomic mass is 16.6. The Labute approximate surface area is 399 Å². The molecule has 0 rings (SSSR count). The fourth-order valence-electron chi connectivity index (χ4n) is 8.92. The molecular formula is C58H112O6. The predicted molar refractivity (Wildman–Crippen MR) is 275 cm³/mol. The van der Waals surface area contributed by atoms with Gasteiger partial charge in [-0.3, -0.25) is 14.4 Å². The Morgan fingerprint density at radius 2 is 0.516 bits per heavy atom. The normalized spacial score (nSPS) is 12.0. The molecule has 0 aromatic carbocycles. The van der Waals surface area contributed by atoms with E-state index in [1.807, 2.05) is 0 Å². The molecule has 0 heterocycles. The fraction of sp³-hybridized carbons (Fsp3) is 0.948. The quantitative estimate of drug-likeness (QED) is 0.0344. The highest BCUT2D eigenvalue weighted by Crippen LogP contribution is 2.18. The monoisotopic (exact) mass is 905 g/mol. The second-order valence-corrected chi connectivity index (χ2v) is 20.4. The largest absolute Gasteiger partial charge is 0.462 e. The first-order chi connectivity index (χ1) is 31.4. The van der Waals surface area contributed by atoms with Crippen LogP contribution in [-0.2, 0) is 28.6 Å². The Bertz CT molecular complexity index is 964. The molecule has 0 fully saturated rings. The van der Waals surface area contributed by atoms with E-state index in [0.29, 0.717) is 19.3 Å². The van der Waals surface area contributed by atoms with Crippen LogP contribution in [0.1, 0.15) is 329 Å². The third kappa shape index (κ3) is 51.4. The Balaban J connectivity index is 4.20. The summed E-state index contributed by atoms with van der Waals surface area (Å²) in [4.78, 5) is 38.0. The van der Waals surface area contributed by atoms with Gasteiger partial charge in [-0.25, -0.2) is 0 Å². The van der Waals surface area contributed by atoms with Gasteiger partial charge in [0.05, 0.1) is 0 Å². The molecule has 0 saturated carbocycles. The lowest BCUT2D eigenvalue weighted by Gasteiger charge is -2.18. The van der Waals surface area contributed by atoms with Crippen molar-refractivity contribution in [3.63, 3.8) is 0 Å². The third-order valence-corrected chi connectivity index (χ3v) is 13.3. The van der Waals surface area contributed by atoms with Crippen LogP contribution < -0.4 is 0 Å². The van der Waals surface area contributed by atoms with Crippen molar-refractivity contribution in [3.05, 3.63) is 0 Å². The molecule has 0 aromatic heterocycles. The van der Waals surface area contributed by atoms with Crippen LogP contribution in [-0.4, -0.2) is 37.2 Å². The summed E-state index contributed by atoms with van der Waals surface area (Å²) < 4.78 is 16.8. The van der Waals surface area contributed by atoms with Gasteiger partial charge in [-0.05, 0) is 25.2 Å². The van der Waals surface area contributed by atoms with E-state index < -0.39 is 6.10 Å². The molecule has 64 heavy (non-hydrogen) atoms. The maximum Gasteiger partial charge on any atom is 0.306 e. The summed E-state index contributed by atoms with van der Waals surface area (Å²) in [5, 5.41) is 0. The van der Waals surface area contributed by atoms with E-state index in [0.717, 1.165) is 63.7 Å². The van der Waals surface area contributed by atoms with E-state index in [4.69, 9.17) is 14.2 Å². The van der Waals surface area contributed by atoms with Crippen molar-refractivity contribution in [2.45, 2.75) is 336 Å². The smallest absolute Gasteiger partial charge is 0.306 e. The van der Waals surface area contributed by atoms with Crippen LogP contribution in [0.25, 0.3) is 0 Å². The van der Waals surface area contributed by atoms with Crippen LogP contribution in [0, 0.1) is 5.92 Å². The second-order valence-electron chi connectivity index (χ2n) is 20.4. The van der Waals surface area contributed by atoms with Gasteiger partial charge in [0.1, 0.15) is 13.2 Å². The number of rotatable bonds is 53. The van der Waals surface area contributed by atoms with Gasteiger partial charge in [-0.2, -0.15) is 0 Å². The number of ether oxygens (including phenoxy) is 3. The zero-order valence-electron chi connectivity index (χ0n) is 43.8. The summed E-state index contributed by atoms with van der Waals surface area (Å²) in [6.07, 6.45) is 56.7. The average molecular weight is 906 g/mol. The van der Waals surface area contributed by atoms with E-state index in [1.54, 1.807) is 0 Å². The van der Waals surface area contributed by atoms with E-state index in [-0.39, 0.29) is 31.1 Å². The highest BCUT2D eigenvalue weighted by Gasteiger charge is 2.19. The van der Waals surface area contributed by atoms with Crippen molar-refractivity contribution in [2.24, 2.45) is 5.92 Å². The van der Waals surface area contributed by atoms with Crippen molar-refractivity contribution in [3.8, 4) is 0 Å². The maximum atomic E-state index is 12.8. The summed E-state index contributed by atoms with van der Waals surface area (Å²) in [5.74, 6) is 0.0140. The van der Waals surface area contributed by atoms with Crippen molar-refractivity contribution < 1.29 is 28.6 Å². The number of esters is 3. The molecule has 0 radical (unpaired) electrons. The molecule has 0 spiro atoms. The molecule has 0 N–H and O–H groups in total. The molecular weight excluding hydrogens is 793 g/mol. The topological polar surface area (TPSA) is 78.9 Å². The Morgan fingerprint density at radius 3 is 0.766 bits per heavy atom. The first-order valence-corrected chi connectivity index (χ1v) is 28.9. The summed E-state index contributed by atoms with van der Waals surface area (Å²) in [7, 11) is 0. The zero-order chi connectivity index (χ0) is 46.7.